The molecule has 0 fully saturated rings. The van der Waals surface area contributed by atoms with E-state index in [-0.39, 0.29) is 18.5 Å². The van der Waals surface area contributed by atoms with Crippen molar-refractivity contribution in [2.45, 2.75) is 6.10 Å². The van der Waals surface area contributed by atoms with E-state index >= 15 is 0 Å². The minimum Gasteiger partial charge on any atom is -0.486 e. The van der Waals surface area contributed by atoms with Gasteiger partial charge in [0.1, 0.15) is 18.2 Å². The lowest BCUT2D eigenvalue weighted by atomic mass is 10.2. The maximum atomic E-state index is 11.9. The number of hydrogen-bond donors (Lipinski definition) is 1. The average Bonchev–Trinajstić information content (AvgIpc) is 3.17. The van der Waals surface area contributed by atoms with E-state index in [0.717, 1.165) is 6.08 Å². The molecule has 1 aromatic heterocycles. The largest absolute Gasteiger partial charge is 0.486 e. The summed E-state index contributed by atoms with van der Waals surface area (Å²) in [6, 6.07) is 14.6. The van der Waals surface area contributed by atoms with Crippen molar-refractivity contribution >= 4 is 29.1 Å². The molecule has 0 radical (unpaired) electrons. The van der Waals surface area contributed by atoms with Crippen molar-refractivity contribution in [2.24, 2.45) is 0 Å². The van der Waals surface area contributed by atoms with Gasteiger partial charge in [-0.3, -0.25) is 4.79 Å². The Bertz CT molecular complexity index is 1030. The number of carbonyl (C=O) groups excluding carboxylic acids is 2. The molecule has 2 aromatic carbocycles. The van der Waals surface area contributed by atoms with Gasteiger partial charge in [0.05, 0.1) is 6.54 Å². The van der Waals surface area contributed by atoms with Crippen LogP contribution in [-0.4, -0.2) is 42.7 Å². The van der Waals surface area contributed by atoms with Gasteiger partial charge in [-0.15, -0.1) is 0 Å². The van der Waals surface area contributed by atoms with Gasteiger partial charge in [-0.1, -0.05) is 24.3 Å². The summed E-state index contributed by atoms with van der Waals surface area (Å²) in [4.78, 5) is 27.9. The summed E-state index contributed by atoms with van der Waals surface area (Å²) in [7, 11) is 0. The van der Waals surface area contributed by atoms with Gasteiger partial charge in [0.15, 0.2) is 23.7 Å². The van der Waals surface area contributed by atoms with Crippen molar-refractivity contribution in [1.82, 2.24) is 10.3 Å². The Hall–Kier alpha value is -3.81. The van der Waals surface area contributed by atoms with Crippen LogP contribution in [0.5, 0.6) is 11.5 Å². The maximum Gasteiger partial charge on any atom is 0.331 e. The van der Waals surface area contributed by atoms with Crippen LogP contribution in [0.2, 0.25) is 0 Å². The van der Waals surface area contributed by atoms with Gasteiger partial charge in [0.25, 0.3) is 5.91 Å². The fourth-order valence-corrected chi connectivity index (χ4v) is 2.73. The minimum absolute atomic E-state index is 0.240. The molecule has 0 aliphatic carbocycles. The molecule has 0 saturated heterocycles. The molecule has 1 amide bonds. The normalized spacial score (nSPS) is 15.4. The fraction of sp³-hybridized carbons (Fsp3) is 0.190. The Morgan fingerprint density at radius 1 is 1.14 bits per heavy atom. The summed E-state index contributed by atoms with van der Waals surface area (Å²) in [6.45, 7) is 0.161. The van der Waals surface area contributed by atoms with Crippen molar-refractivity contribution in [3.8, 4) is 11.5 Å². The summed E-state index contributed by atoms with van der Waals surface area (Å²) in [5.74, 6) is 0.482. The smallest absolute Gasteiger partial charge is 0.331 e. The lowest BCUT2D eigenvalue weighted by Crippen LogP contribution is -2.42. The number of rotatable bonds is 6. The molecule has 8 heteroatoms. The van der Waals surface area contributed by atoms with E-state index in [4.69, 9.17) is 18.6 Å². The van der Waals surface area contributed by atoms with Gasteiger partial charge in [-0.2, -0.15) is 0 Å². The first kappa shape index (κ1) is 18.5. The van der Waals surface area contributed by atoms with Crippen LogP contribution in [0.15, 0.2) is 59.0 Å². The predicted octanol–water partition coefficient (Wildman–Crippen LogP) is 2.34. The summed E-state index contributed by atoms with van der Waals surface area (Å²) < 4.78 is 21.7. The number of aromatic nitrogens is 1. The Labute approximate surface area is 166 Å². The number of hydrogen-bond acceptors (Lipinski definition) is 7. The van der Waals surface area contributed by atoms with Crippen LogP contribution in [-0.2, 0) is 14.3 Å². The maximum absolute atomic E-state index is 11.9. The molecule has 1 atom stereocenters. The van der Waals surface area contributed by atoms with E-state index < -0.39 is 18.5 Å². The SMILES string of the molecule is O=C(COC(=O)/C=C/c1nc2ccccc2o1)NC[C@@H]1COc2ccccc2O1. The fourth-order valence-electron chi connectivity index (χ4n) is 2.73. The first-order valence-corrected chi connectivity index (χ1v) is 9.03. The number of nitrogens with one attached hydrogen (secondary N) is 1. The summed E-state index contributed by atoms with van der Waals surface area (Å²) in [5, 5.41) is 2.65. The number of carbonyl (C=O) groups is 2. The molecule has 3 aromatic rings. The lowest BCUT2D eigenvalue weighted by molar-refractivity contribution is -0.143. The summed E-state index contributed by atoms with van der Waals surface area (Å²) in [6.07, 6.45) is 2.24. The lowest BCUT2D eigenvalue weighted by Gasteiger charge is -2.26. The van der Waals surface area contributed by atoms with Crippen molar-refractivity contribution in [2.75, 3.05) is 19.8 Å². The van der Waals surface area contributed by atoms with Gasteiger partial charge in [-0.05, 0) is 24.3 Å². The highest BCUT2D eigenvalue weighted by Crippen LogP contribution is 2.30. The van der Waals surface area contributed by atoms with Crippen LogP contribution in [0, 0.1) is 0 Å². The first-order valence-electron chi connectivity index (χ1n) is 9.03. The highest BCUT2D eigenvalue weighted by atomic mass is 16.6. The van der Waals surface area contributed by atoms with Crippen LogP contribution in [0.3, 0.4) is 0 Å². The molecule has 0 spiro atoms. The molecule has 2 heterocycles. The Kier molecular flexibility index (Phi) is 5.42. The number of para-hydroxylation sites is 4. The quantitative estimate of drug-likeness (QED) is 0.506. The van der Waals surface area contributed by atoms with Crippen molar-refractivity contribution in [3.63, 3.8) is 0 Å². The van der Waals surface area contributed by atoms with Crippen LogP contribution in [0.1, 0.15) is 5.89 Å². The molecular weight excluding hydrogens is 376 g/mol. The molecular formula is C21H18N2O6. The molecule has 0 bridgehead atoms. The van der Waals surface area contributed by atoms with Gasteiger partial charge in [0, 0.05) is 12.2 Å². The molecule has 29 heavy (non-hydrogen) atoms. The second-order valence-corrected chi connectivity index (χ2v) is 6.26. The molecule has 1 aliphatic heterocycles. The van der Waals surface area contributed by atoms with Crippen molar-refractivity contribution in [3.05, 3.63) is 60.5 Å². The zero-order chi connectivity index (χ0) is 20.1. The van der Waals surface area contributed by atoms with Crippen LogP contribution < -0.4 is 14.8 Å². The average molecular weight is 394 g/mol. The van der Waals surface area contributed by atoms with Gasteiger partial charge in [-0.25, -0.2) is 9.78 Å². The number of esters is 1. The van der Waals surface area contributed by atoms with Crippen molar-refractivity contribution < 1.29 is 28.2 Å². The molecule has 4 rings (SSSR count). The molecule has 0 unspecified atom stereocenters. The standard InChI is InChI=1S/C21H18N2O6/c24-19(22-11-14-12-26-17-7-3-4-8-18(17)28-14)13-27-21(25)10-9-20-23-15-5-1-2-6-16(15)29-20/h1-10,14H,11-13H2,(H,22,24)/b10-9+/t14-/m1/s1. The van der Waals surface area contributed by atoms with E-state index in [0.29, 0.717) is 29.2 Å². The third-order valence-corrected chi connectivity index (χ3v) is 4.11. The minimum atomic E-state index is -0.673. The molecule has 8 nitrogen and oxygen atoms in total. The van der Waals surface area contributed by atoms with E-state index in [1.54, 1.807) is 18.2 Å². The third-order valence-electron chi connectivity index (χ3n) is 4.11. The topological polar surface area (TPSA) is 99.9 Å². The van der Waals surface area contributed by atoms with Gasteiger partial charge in [0.2, 0.25) is 5.89 Å². The highest BCUT2D eigenvalue weighted by molar-refractivity contribution is 5.89. The Morgan fingerprint density at radius 3 is 2.79 bits per heavy atom. The van der Waals surface area contributed by atoms with Crippen LogP contribution in [0.4, 0.5) is 0 Å². The predicted molar refractivity (Wildman–Crippen MR) is 103 cm³/mol. The second-order valence-electron chi connectivity index (χ2n) is 6.26. The number of nitrogens with zero attached hydrogens (tertiary/aromatic N) is 1. The molecule has 1 aliphatic rings. The van der Waals surface area contributed by atoms with E-state index in [9.17, 15) is 9.59 Å². The zero-order valence-corrected chi connectivity index (χ0v) is 15.4. The third kappa shape index (κ3) is 4.73. The highest BCUT2D eigenvalue weighted by Gasteiger charge is 2.21. The number of benzene rings is 2. The number of amides is 1. The van der Waals surface area contributed by atoms with E-state index in [1.807, 2.05) is 30.3 Å². The molecule has 0 saturated carbocycles. The van der Waals surface area contributed by atoms with Crippen LogP contribution >= 0.6 is 0 Å². The summed E-state index contributed by atoms with van der Waals surface area (Å²) in [5.41, 5.74) is 1.31. The summed E-state index contributed by atoms with van der Waals surface area (Å²) >= 11 is 0. The molecule has 148 valence electrons. The zero-order valence-electron chi connectivity index (χ0n) is 15.4. The van der Waals surface area contributed by atoms with E-state index in [2.05, 4.69) is 10.3 Å². The monoisotopic (exact) mass is 394 g/mol. The van der Waals surface area contributed by atoms with Gasteiger partial charge >= 0.3 is 5.97 Å². The second kappa shape index (κ2) is 8.47. The Balaban J connectivity index is 1.20. The van der Waals surface area contributed by atoms with E-state index in [1.165, 1.54) is 6.08 Å². The Morgan fingerprint density at radius 2 is 1.93 bits per heavy atom. The number of oxazole rings is 1. The number of fused-ring (bicyclic) bond motifs is 2. The first-order chi connectivity index (χ1) is 14.2. The molecule has 1 N–H and O–H groups in total. The number of ether oxygens (including phenoxy) is 3. The van der Waals surface area contributed by atoms with Crippen LogP contribution in [0.25, 0.3) is 17.2 Å². The van der Waals surface area contributed by atoms with Crippen molar-refractivity contribution in [1.29, 1.82) is 0 Å². The van der Waals surface area contributed by atoms with Gasteiger partial charge < -0.3 is 23.9 Å².